The van der Waals surface area contributed by atoms with Gasteiger partial charge in [-0.3, -0.25) is 0 Å². The summed E-state index contributed by atoms with van der Waals surface area (Å²) in [6, 6.07) is 0. The van der Waals surface area contributed by atoms with Crippen LogP contribution in [0.5, 0.6) is 0 Å². The topological polar surface area (TPSA) is 20.2 Å². The van der Waals surface area contributed by atoms with Gasteiger partial charge in [0, 0.05) is 12.0 Å². The number of aliphatic hydroxyl groups is 1. The molecule has 1 N–H and O–H groups in total. The first-order valence-electron chi connectivity index (χ1n) is 4.84. The van der Waals surface area contributed by atoms with Gasteiger partial charge in [0.25, 0.3) is 0 Å². The lowest BCUT2D eigenvalue weighted by Gasteiger charge is -2.41. The van der Waals surface area contributed by atoms with Gasteiger partial charge in [-0.15, -0.1) is 0 Å². The highest BCUT2D eigenvalue weighted by Gasteiger charge is 2.58. The minimum atomic E-state index is 0.171. The predicted molar refractivity (Wildman–Crippen MR) is 49.8 cm³/mol. The first-order chi connectivity index (χ1) is 5.53. The normalized spacial score (nSPS) is 43.9. The average Bonchev–Trinajstić information content (AvgIpc) is 2.53. The van der Waals surface area contributed by atoms with E-state index >= 15 is 0 Å². The molecule has 12 heavy (non-hydrogen) atoms. The molecule has 0 aromatic heterocycles. The molecule has 2 saturated carbocycles. The van der Waals surface area contributed by atoms with E-state index in [0.29, 0.717) is 12.5 Å². The molecular weight excluding hydrogens is 148 g/mol. The van der Waals surface area contributed by atoms with E-state index in [1.807, 2.05) is 0 Å². The van der Waals surface area contributed by atoms with E-state index in [4.69, 9.17) is 0 Å². The largest absolute Gasteiger partial charge is 0.396 e. The molecule has 1 nitrogen and oxygen atoms in total. The van der Waals surface area contributed by atoms with Crippen molar-refractivity contribution >= 4 is 0 Å². The van der Waals surface area contributed by atoms with E-state index in [2.05, 4.69) is 20.4 Å². The fraction of sp³-hybridized carbons (Fsp3) is 0.818. The van der Waals surface area contributed by atoms with Crippen LogP contribution in [0.4, 0.5) is 0 Å². The van der Waals surface area contributed by atoms with Gasteiger partial charge in [-0.05, 0) is 30.6 Å². The third-order valence-electron chi connectivity index (χ3n) is 4.53. The zero-order valence-electron chi connectivity index (χ0n) is 8.06. The monoisotopic (exact) mass is 166 g/mol. The second kappa shape index (κ2) is 2.14. The van der Waals surface area contributed by atoms with E-state index in [9.17, 15) is 5.11 Å². The van der Waals surface area contributed by atoms with Crippen molar-refractivity contribution in [2.75, 3.05) is 6.61 Å². The maximum Gasteiger partial charge on any atom is 0.0495 e. The van der Waals surface area contributed by atoms with Crippen LogP contribution in [0, 0.1) is 16.7 Å². The SMILES string of the molecule is C=C1C2CCC(CO)(C2)C1(C)C. The molecule has 2 rings (SSSR count). The van der Waals surface area contributed by atoms with Crippen molar-refractivity contribution in [3.8, 4) is 0 Å². The van der Waals surface area contributed by atoms with Crippen molar-refractivity contribution < 1.29 is 5.11 Å². The summed E-state index contributed by atoms with van der Waals surface area (Å²) in [5.74, 6) is 0.701. The summed E-state index contributed by atoms with van der Waals surface area (Å²) in [5, 5.41) is 9.46. The summed E-state index contributed by atoms with van der Waals surface area (Å²) in [7, 11) is 0. The third kappa shape index (κ3) is 0.687. The van der Waals surface area contributed by atoms with Crippen LogP contribution in [0.15, 0.2) is 12.2 Å². The minimum Gasteiger partial charge on any atom is -0.396 e. The molecule has 2 atom stereocenters. The van der Waals surface area contributed by atoms with Gasteiger partial charge in [0.1, 0.15) is 0 Å². The Hall–Kier alpha value is -0.300. The Bertz CT molecular complexity index is 229. The van der Waals surface area contributed by atoms with Gasteiger partial charge in [0.15, 0.2) is 0 Å². The highest BCUT2D eigenvalue weighted by Crippen LogP contribution is 2.65. The number of allylic oxidation sites excluding steroid dienone is 1. The molecule has 0 aromatic rings. The van der Waals surface area contributed by atoms with Crippen molar-refractivity contribution in [2.45, 2.75) is 33.1 Å². The van der Waals surface area contributed by atoms with E-state index < -0.39 is 0 Å². The standard InChI is InChI=1S/C11H18O/c1-8-9-4-5-11(6-9,7-12)10(8,2)3/h9,12H,1,4-7H2,2-3H3. The van der Waals surface area contributed by atoms with Crippen LogP contribution in [-0.2, 0) is 0 Å². The third-order valence-corrected chi connectivity index (χ3v) is 4.53. The lowest BCUT2D eigenvalue weighted by molar-refractivity contribution is 0.0477. The number of fused-ring (bicyclic) bond motifs is 2. The first kappa shape index (κ1) is 8.31. The summed E-state index contributed by atoms with van der Waals surface area (Å²) in [6.07, 6.45) is 3.62. The van der Waals surface area contributed by atoms with Crippen LogP contribution in [0.3, 0.4) is 0 Å². The van der Waals surface area contributed by atoms with Gasteiger partial charge in [0.05, 0.1) is 0 Å². The zero-order chi connectivity index (χ0) is 8.98. The highest BCUT2D eigenvalue weighted by atomic mass is 16.3. The molecule has 0 saturated heterocycles. The molecule has 0 spiro atoms. The van der Waals surface area contributed by atoms with Crippen LogP contribution < -0.4 is 0 Å². The Kier molecular flexibility index (Phi) is 1.48. The van der Waals surface area contributed by atoms with Crippen molar-refractivity contribution in [1.29, 1.82) is 0 Å². The Morgan fingerprint density at radius 1 is 1.58 bits per heavy atom. The van der Waals surface area contributed by atoms with Gasteiger partial charge in [-0.25, -0.2) is 0 Å². The van der Waals surface area contributed by atoms with Crippen LogP contribution in [0.25, 0.3) is 0 Å². The van der Waals surface area contributed by atoms with Gasteiger partial charge in [0.2, 0.25) is 0 Å². The summed E-state index contributed by atoms with van der Waals surface area (Å²) in [5.41, 5.74) is 1.72. The van der Waals surface area contributed by atoms with Crippen LogP contribution >= 0.6 is 0 Å². The van der Waals surface area contributed by atoms with E-state index in [1.54, 1.807) is 0 Å². The van der Waals surface area contributed by atoms with Gasteiger partial charge in [-0.2, -0.15) is 0 Å². The summed E-state index contributed by atoms with van der Waals surface area (Å²) in [4.78, 5) is 0. The molecule has 2 aliphatic carbocycles. The van der Waals surface area contributed by atoms with Crippen LogP contribution in [-0.4, -0.2) is 11.7 Å². The lowest BCUT2D eigenvalue weighted by Crippen LogP contribution is -2.37. The Morgan fingerprint density at radius 2 is 2.25 bits per heavy atom. The van der Waals surface area contributed by atoms with Crippen LogP contribution in [0.2, 0.25) is 0 Å². The maximum absolute atomic E-state index is 9.46. The molecule has 0 aromatic carbocycles. The van der Waals surface area contributed by atoms with E-state index in [0.717, 1.165) is 0 Å². The fourth-order valence-corrected chi connectivity index (χ4v) is 3.18. The molecule has 68 valence electrons. The molecule has 0 amide bonds. The second-order valence-corrected chi connectivity index (χ2v) is 5.03. The van der Waals surface area contributed by atoms with Crippen molar-refractivity contribution in [3.05, 3.63) is 12.2 Å². The van der Waals surface area contributed by atoms with Crippen LogP contribution in [0.1, 0.15) is 33.1 Å². The molecule has 2 fully saturated rings. The molecule has 2 unspecified atom stereocenters. The fourth-order valence-electron chi connectivity index (χ4n) is 3.18. The Labute approximate surface area is 74.5 Å². The lowest BCUT2D eigenvalue weighted by atomic mass is 9.64. The molecule has 0 heterocycles. The molecule has 2 bridgehead atoms. The molecular formula is C11H18O. The highest BCUT2D eigenvalue weighted by molar-refractivity contribution is 5.27. The molecule has 0 aliphatic heterocycles. The Balaban J connectivity index is 2.41. The maximum atomic E-state index is 9.46. The van der Waals surface area contributed by atoms with Crippen molar-refractivity contribution in [2.24, 2.45) is 16.7 Å². The number of rotatable bonds is 1. The number of hydrogen-bond acceptors (Lipinski definition) is 1. The van der Waals surface area contributed by atoms with Crippen molar-refractivity contribution in [3.63, 3.8) is 0 Å². The molecule has 2 aliphatic rings. The summed E-state index contributed by atoms with van der Waals surface area (Å²) in [6.45, 7) is 9.00. The predicted octanol–water partition coefficient (Wildman–Crippen LogP) is 2.36. The first-order valence-corrected chi connectivity index (χ1v) is 4.84. The average molecular weight is 166 g/mol. The zero-order valence-corrected chi connectivity index (χ0v) is 8.06. The van der Waals surface area contributed by atoms with Gasteiger partial charge in [-0.1, -0.05) is 26.0 Å². The summed E-state index contributed by atoms with van der Waals surface area (Å²) >= 11 is 0. The second-order valence-electron chi connectivity index (χ2n) is 5.03. The summed E-state index contributed by atoms with van der Waals surface area (Å²) < 4.78 is 0. The van der Waals surface area contributed by atoms with E-state index in [-0.39, 0.29) is 10.8 Å². The smallest absolute Gasteiger partial charge is 0.0495 e. The van der Waals surface area contributed by atoms with Gasteiger partial charge < -0.3 is 5.11 Å². The Morgan fingerprint density at radius 3 is 2.58 bits per heavy atom. The number of aliphatic hydroxyl groups excluding tert-OH is 1. The molecule has 1 heteroatoms. The van der Waals surface area contributed by atoms with Crippen molar-refractivity contribution in [1.82, 2.24) is 0 Å². The van der Waals surface area contributed by atoms with Gasteiger partial charge >= 0.3 is 0 Å². The molecule has 0 radical (unpaired) electrons. The quantitative estimate of drug-likeness (QED) is 0.593. The minimum absolute atomic E-state index is 0.171. The van der Waals surface area contributed by atoms with E-state index in [1.165, 1.54) is 24.8 Å². The number of hydrogen-bond donors (Lipinski definition) is 1.